The molecule has 3 heteroatoms. The number of hydrogen-bond acceptors (Lipinski definition) is 1. The van der Waals surface area contributed by atoms with E-state index in [0.717, 1.165) is 12.8 Å². The van der Waals surface area contributed by atoms with Crippen molar-refractivity contribution in [1.82, 2.24) is 0 Å². The monoisotopic (exact) mass is 228 g/mol. The van der Waals surface area contributed by atoms with Crippen molar-refractivity contribution in [2.24, 2.45) is 5.92 Å². The van der Waals surface area contributed by atoms with Crippen molar-refractivity contribution in [3.8, 4) is 0 Å². The summed E-state index contributed by atoms with van der Waals surface area (Å²) >= 11 is 0. The van der Waals surface area contributed by atoms with Crippen LogP contribution in [0.15, 0.2) is 29.2 Å². The molecule has 0 heterocycles. The van der Waals surface area contributed by atoms with Gasteiger partial charge in [-0.15, -0.1) is 0 Å². The molecule has 1 aromatic rings. The van der Waals surface area contributed by atoms with Crippen molar-refractivity contribution >= 4 is 10.8 Å². The van der Waals surface area contributed by atoms with E-state index >= 15 is 0 Å². The second kappa shape index (κ2) is 6.01. The van der Waals surface area contributed by atoms with E-state index in [9.17, 15) is 8.60 Å². The van der Waals surface area contributed by atoms with Crippen LogP contribution in [0.4, 0.5) is 4.39 Å². The lowest BCUT2D eigenvalue weighted by atomic mass is 10.1. The van der Waals surface area contributed by atoms with Gasteiger partial charge in [-0.25, -0.2) is 4.39 Å². The van der Waals surface area contributed by atoms with Gasteiger partial charge in [-0.05, 0) is 24.1 Å². The lowest BCUT2D eigenvalue weighted by Crippen LogP contribution is -2.08. The molecule has 0 bridgehead atoms. The Morgan fingerprint density at radius 2 is 2.20 bits per heavy atom. The van der Waals surface area contributed by atoms with E-state index in [2.05, 4.69) is 13.8 Å². The highest BCUT2D eigenvalue weighted by Crippen LogP contribution is 2.14. The van der Waals surface area contributed by atoms with Crippen molar-refractivity contribution < 1.29 is 8.60 Å². The molecule has 0 fully saturated rings. The summed E-state index contributed by atoms with van der Waals surface area (Å²) in [7, 11) is -1.07. The normalized spacial score (nSPS) is 14.9. The second-order valence-electron chi connectivity index (χ2n) is 3.86. The third kappa shape index (κ3) is 4.12. The molecule has 0 aliphatic carbocycles. The zero-order chi connectivity index (χ0) is 11.3. The maximum Gasteiger partial charge on any atom is 0.124 e. The Kier molecular flexibility index (Phi) is 4.95. The molecule has 84 valence electrons. The Balaban J connectivity index is 2.61. The summed E-state index contributed by atoms with van der Waals surface area (Å²) in [5, 5.41) is 0. The van der Waals surface area contributed by atoms with Gasteiger partial charge >= 0.3 is 0 Å². The summed E-state index contributed by atoms with van der Waals surface area (Å²) in [4.78, 5) is 0.595. The first-order chi connectivity index (χ1) is 7.13. The van der Waals surface area contributed by atoms with Gasteiger partial charge in [0, 0.05) is 10.6 Å². The Morgan fingerprint density at radius 1 is 1.47 bits per heavy atom. The topological polar surface area (TPSA) is 17.1 Å². The van der Waals surface area contributed by atoms with Gasteiger partial charge in [-0.3, -0.25) is 4.21 Å². The average molecular weight is 228 g/mol. The first-order valence-electron chi connectivity index (χ1n) is 5.27. The Hall–Kier alpha value is -0.700. The molecule has 0 amide bonds. The third-order valence-electron chi connectivity index (χ3n) is 2.28. The van der Waals surface area contributed by atoms with Crippen molar-refractivity contribution in [3.05, 3.63) is 30.1 Å². The van der Waals surface area contributed by atoms with Crippen LogP contribution in [-0.2, 0) is 10.8 Å². The van der Waals surface area contributed by atoms with Gasteiger partial charge in [0.25, 0.3) is 0 Å². The smallest absolute Gasteiger partial charge is 0.124 e. The van der Waals surface area contributed by atoms with Crippen LogP contribution in [0.5, 0.6) is 0 Å². The van der Waals surface area contributed by atoms with Crippen LogP contribution in [0.25, 0.3) is 0 Å². The van der Waals surface area contributed by atoms with E-state index in [1.54, 1.807) is 12.1 Å². The summed E-state index contributed by atoms with van der Waals surface area (Å²) in [5.41, 5.74) is 0. The maximum atomic E-state index is 12.9. The predicted molar refractivity (Wildman–Crippen MR) is 61.7 cm³/mol. The Bertz CT molecular complexity index is 338. The van der Waals surface area contributed by atoms with E-state index < -0.39 is 10.8 Å². The quantitative estimate of drug-likeness (QED) is 0.755. The van der Waals surface area contributed by atoms with Crippen LogP contribution in [0, 0.1) is 11.7 Å². The summed E-state index contributed by atoms with van der Waals surface area (Å²) in [5.74, 6) is 0.736. The lowest BCUT2D eigenvalue weighted by Gasteiger charge is -2.09. The summed E-state index contributed by atoms with van der Waals surface area (Å²) in [6.07, 6.45) is 2.17. The van der Waals surface area contributed by atoms with E-state index in [1.807, 2.05) is 0 Å². The Labute approximate surface area is 93.2 Å². The number of hydrogen-bond donors (Lipinski definition) is 0. The SMILES string of the molecule is CCCC(C)CS(=O)c1cccc(F)c1. The first-order valence-corrected chi connectivity index (χ1v) is 6.59. The highest BCUT2D eigenvalue weighted by Gasteiger charge is 2.09. The number of rotatable bonds is 5. The molecule has 0 aliphatic heterocycles. The highest BCUT2D eigenvalue weighted by molar-refractivity contribution is 7.85. The Morgan fingerprint density at radius 3 is 2.80 bits per heavy atom. The van der Waals surface area contributed by atoms with Gasteiger partial charge in [0.05, 0.1) is 10.8 Å². The zero-order valence-corrected chi connectivity index (χ0v) is 10.0. The van der Waals surface area contributed by atoms with Gasteiger partial charge in [0.15, 0.2) is 0 Å². The highest BCUT2D eigenvalue weighted by atomic mass is 32.2. The van der Waals surface area contributed by atoms with E-state index in [1.165, 1.54) is 12.1 Å². The molecule has 1 aromatic carbocycles. The maximum absolute atomic E-state index is 12.9. The summed E-state index contributed by atoms with van der Waals surface area (Å²) in [6.45, 7) is 4.20. The molecule has 0 saturated heterocycles. The molecule has 1 rings (SSSR count). The largest absolute Gasteiger partial charge is 0.254 e. The van der Waals surface area contributed by atoms with E-state index in [4.69, 9.17) is 0 Å². The molecule has 0 aliphatic rings. The molecule has 1 nitrogen and oxygen atoms in total. The second-order valence-corrected chi connectivity index (χ2v) is 5.36. The van der Waals surface area contributed by atoms with Crippen LogP contribution in [0.3, 0.4) is 0 Å². The van der Waals surface area contributed by atoms with Crippen molar-refractivity contribution in [1.29, 1.82) is 0 Å². The minimum Gasteiger partial charge on any atom is -0.254 e. The van der Waals surface area contributed by atoms with Crippen LogP contribution >= 0.6 is 0 Å². The minimum absolute atomic E-state index is 0.316. The molecular formula is C12H17FOS. The van der Waals surface area contributed by atoms with Gasteiger partial charge in [-0.2, -0.15) is 0 Å². The molecule has 0 spiro atoms. The zero-order valence-electron chi connectivity index (χ0n) is 9.20. The molecule has 0 saturated carbocycles. The van der Waals surface area contributed by atoms with Crippen LogP contribution in [-0.4, -0.2) is 9.96 Å². The van der Waals surface area contributed by atoms with Gasteiger partial charge in [0.1, 0.15) is 5.82 Å². The van der Waals surface area contributed by atoms with Crippen molar-refractivity contribution in [3.63, 3.8) is 0 Å². The van der Waals surface area contributed by atoms with Gasteiger partial charge in [0.2, 0.25) is 0 Å². The fourth-order valence-corrected chi connectivity index (χ4v) is 2.89. The summed E-state index contributed by atoms with van der Waals surface area (Å²) < 4.78 is 24.7. The fraction of sp³-hybridized carbons (Fsp3) is 0.500. The van der Waals surface area contributed by atoms with Crippen LogP contribution < -0.4 is 0 Å². The fourth-order valence-electron chi connectivity index (χ4n) is 1.54. The van der Waals surface area contributed by atoms with Gasteiger partial charge in [-0.1, -0.05) is 32.8 Å². The molecule has 2 atom stereocenters. The van der Waals surface area contributed by atoms with Crippen LogP contribution in [0.1, 0.15) is 26.7 Å². The first kappa shape index (κ1) is 12.4. The van der Waals surface area contributed by atoms with Gasteiger partial charge < -0.3 is 0 Å². The molecule has 0 N–H and O–H groups in total. The van der Waals surface area contributed by atoms with Crippen molar-refractivity contribution in [2.45, 2.75) is 31.6 Å². The molecule has 0 radical (unpaired) electrons. The standard InChI is InChI=1S/C12H17FOS/c1-3-5-10(2)9-15(14)12-7-4-6-11(13)8-12/h4,6-8,10H,3,5,9H2,1-2H3. The molecule has 0 aromatic heterocycles. The van der Waals surface area contributed by atoms with Crippen LogP contribution in [0.2, 0.25) is 0 Å². The number of halogens is 1. The third-order valence-corrected chi connectivity index (χ3v) is 3.93. The van der Waals surface area contributed by atoms with E-state index in [-0.39, 0.29) is 5.82 Å². The molecular weight excluding hydrogens is 211 g/mol. The molecule has 15 heavy (non-hydrogen) atoms. The predicted octanol–water partition coefficient (Wildman–Crippen LogP) is 3.37. The van der Waals surface area contributed by atoms with E-state index in [0.29, 0.717) is 16.6 Å². The minimum atomic E-state index is -1.07. The number of benzene rings is 1. The average Bonchev–Trinajstić information content (AvgIpc) is 2.18. The lowest BCUT2D eigenvalue weighted by molar-refractivity contribution is 0.573. The summed E-state index contributed by atoms with van der Waals surface area (Å²) in [6, 6.07) is 6.05. The molecule has 2 unspecified atom stereocenters. The van der Waals surface area contributed by atoms with Crippen molar-refractivity contribution in [2.75, 3.05) is 5.75 Å².